The minimum atomic E-state index is -0.0541. The molecule has 0 aliphatic rings. The van der Waals surface area contributed by atoms with Crippen LogP contribution in [-0.4, -0.2) is 69.1 Å². The zero-order chi connectivity index (χ0) is 15.7. The summed E-state index contributed by atoms with van der Waals surface area (Å²) >= 11 is 0. The summed E-state index contributed by atoms with van der Waals surface area (Å²) in [6.45, 7) is 3.99. The lowest BCUT2D eigenvalue weighted by atomic mass is 10.4. The van der Waals surface area contributed by atoms with Gasteiger partial charge >= 0.3 is 0 Å². The predicted octanol–water partition coefficient (Wildman–Crippen LogP) is 0.833. The molecule has 0 spiro atoms. The summed E-state index contributed by atoms with van der Waals surface area (Å²) in [6.07, 6.45) is 0.951. The molecular weight excluding hydrogens is 272 g/mol. The zero-order valence-electron chi connectivity index (χ0n) is 13.5. The van der Waals surface area contributed by atoms with Gasteiger partial charge < -0.3 is 25.0 Å². The van der Waals surface area contributed by atoms with Crippen LogP contribution in [0.2, 0.25) is 0 Å². The van der Waals surface area contributed by atoms with Crippen molar-refractivity contribution < 1.29 is 9.47 Å². The molecule has 1 rings (SSSR count). The van der Waals surface area contributed by atoms with Gasteiger partial charge in [0.15, 0.2) is 0 Å². The van der Waals surface area contributed by atoms with Crippen molar-refractivity contribution >= 4 is 17.8 Å². The Bertz CT molecular complexity index is 416. The van der Waals surface area contributed by atoms with E-state index in [1.54, 1.807) is 14.2 Å². The number of anilines is 3. The number of methoxy groups -OCH3 is 2. The van der Waals surface area contributed by atoms with Gasteiger partial charge in [0.25, 0.3) is 0 Å². The third-order valence-electron chi connectivity index (χ3n) is 2.73. The second-order valence-electron chi connectivity index (χ2n) is 4.80. The Morgan fingerprint density at radius 1 is 1.10 bits per heavy atom. The number of aromatic nitrogens is 3. The summed E-state index contributed by atoms with van der Waals surface area (Å²) in [5.74, 6) is 1.69. The summed E-state index contributed by atoms with van der Waals surface area (Å²) in [5.41, 5.74) is 0. The Morgan fingerprint density at radius 2 is 1.76 bits per heavy atom. The second-order valence-corrected chi connectivity index (χ2v) is 4.80. The van der Waals surface area contributed by atoms with Crippen molar-refractivity contribution in [3.63, 3.8) is 0 Å². The molecule has 0 amide bonds. The van der Waals surface area contributed by atoms with Crippen LogP contribution in [0.15, 0.2) is 0 Å². The highest BCUT2D eigenvalue weighted by atomic mass is 16.5. The van der Waals surface area contributed by atoms with Crippen LogP contribution in [-0.2, 0) is 9.47 Å². The Balaban J connectivity index is 2.76. The summed E-state index contributed by atoms with van der Waals surface area (Å²) in [7, 11) is 7.08. The molecule has 8 heteroatoms. The number of hydrogen-bond acceptors (Lipinski definition) is 8. The molecule has 0 fully saturated rings. The molecule has 0 saturated heterocycles. The molecule has 1 atom stereocenters. The first-order chi connectivity index (χ1) is 10.1. The highest BCUT2D eigenvalue weighted by Gasteiger charge is 2.11. The largest absolute Gasteiger partial charge is 0.382 e. The number of nitrogens with zero attached hydrogens (tertiary/aromatic N) is 4. The number of ether oxygens (including phenoxy) is 2. The Labute approximate surface area is 126 Å². The summed E-state index contributed by atoms with van der Waals surface area (Å²) in [5, 5.41) is 6.33. The van der Waals surface area contributed by atoms with Crippen LogP contribution in [0, 0.1) is 0 Å². The molecule has 0 aliphatic carbocycles. The quantitative estimate of drug-likeness (QED) is 0.657. The lowest BCUT2D eigenvalue weighted by molar-refractivity contribution is 0.0365. The Morgan fingerprint density at radius 3 is 2.29 bits per heavy atom. The molecule has 120 valence electrons. The van der Waals surface area contributed by atoms with Crippen LogP contribution >= 0.6 is 0 Å². The summed E-state index contributed by atoms with van der Waals surface area (Å²) in [4.78, 5) is 14.9. The van der Waals surface area contributed by atoms with Crippen molar-refractivity contribution in [3.8, 4) is 0 Å². The molecule has 0 saturated carbocycles. The van der Waals surface area contributed by atoms with Crippen LogP contribution in [0.3, 0.4) is 0 Å². The van der Waals surface area contributed by atoms with Crippen molar-refractivity contribution in [2.24, 2.45) is 0 Å². The van der Waals surface area contributed by atoms with Gasteiger partial charge in [-0.3, -0.25) is 0 Å². The predicted molar refractivity (Wildman–Crippen MR) is 84.1 cm³/mol. The van der Waals surface area contributed by atoms with Crippen LogP contribution < -0.4 is 15.5 Å². The van der Waals surface area contributed by atoms with Gasteiger partial charge in [-0.15, -0.1) is 0 Å². The van der Waals surface area contributed by atoms with Crippen molar-refractivity contribution in [1.29, 1.82) is 0 Å². The van der Waals surface area contributed by atoms with E-state index in [-0.39, 0.29) is 6.10 Å². The van der Waals surface area contributed by atoms with Crippen molar-refractivity contribution in [1.82, 2.24) is 15.0 Å². The topological polar surface area (TPSA) is 84.4 Å². The first-order valence-electron chi connectivity index (χ1n) is 7.03. The fourth-order valence-electron chi connectivity index (χ4n) is 1.56. The van der Waals surface area contributed by atoms with E-state index >= 15 is 0 Å². The van der Waals surface area contributed by atoms with Gasteiger partial charge in [0, 0.05) is 41.4 Å². The van der Waals surface area contributed by atoms with Crippen molar-refractivity contribution in [2.75, 3.05) is 63.5 Å². The average molecular weight is 298 g/mol. The third kappa shape index (κ3) is 6.09. The smallest absolute Gasteiger partial charge is 0.231 e. The van der Waals surface area contributed by atoms with Gasteiger partial charge in [-0.05, 0) is 6.42 Å². The van der Waals surface area contributed by atoms with E-state index in [2.05, 4.69) is 32.5 Å². The van der Waals surface area contributed by atoms with Gasteiger partial charge in [0.05, 0.1) is 12.7 Å². The highest BCUT2D eigenvalue weighted by Crippen LogP contribution is 2.11. The number of hydrogen-bond donors (Lipinski definition) is 2. The van der Waals surface area contributed by atoms with Crippen molar-refractivity contribution in [2.45, 2.75) is 19.4 Å². The van der Waals surface area contributed by atoms with E-state index in [1.807, 2.05) is 19.0 Å². The lowest BCUT2D eigenvalue weighted by Gasteiger charge is -2.17. The minimum Gasteiger partial charge on any atom is -0.382 e. The fourth-order valence-corrected chi connectivity index (χ4v) is 1.56. The van der Waals surface area contributed by atoms with Crippen LogP contribution in [0.5, 0.6) is 0 Å². The van der Waals surface area contributed by atoms with Crippen LogP contribution in [0.4, 0.5) is 17.8 Å². The molecule has 0 aliphatic heterocycles. The SMILES string of the molecule is CCCNc1nc(NCC(COC)OC)nc(N(C)C)n1. The maximum atomic E-state index is 5.30. The van der Waals surface area contributed by atoms with Crippen LogP contribution in [0.1, 0.15) is 13.3 Å². The normalized spacial score (nSPS) is 12.0. The molecule has 0 aromatic carbocycles. The molecular formula is C13H26N6O2. The molecule has 2 N–H and O–H groups in total. The Hall–Kier alpha value is -1.67. The maximum absolute atomic E-state index is 5.30. The maximum Gasteiger partial charge on any atom is 0.231 e. The molecule has 0 bridgehead atoms. The van der Waals surface area contributed by atoms with E-state index in [0.717, 1.165) is 13.0 Å². The standard InChI is InChI=1S/C13H26N6O2/c1-6-7-14-11-16-12(18-13(17-11)19(2)3)15-8-10(21-5)9-20-4/h10H,6-9H2,1-5H3,(H2,14,15,16,17,18). The van der Waals surface area contributed by atoms with E-state index in [4.69, 9.17) is 9.47 Å². The number of rotatable bonds is 10. The van der Waals surface area contributed by atoms with E-state index in [1.165, 1.54) is 0 Å². The monoisotopic (exact) mass is 298 g/mol. The number of nitrogens with one attached hydrogen (secondary N) is 2. The first kappa shape index (κ1) is 17.4. The molecule has 1 aromatic rings. The molecule has 8 nitrogen and oxygen atoms in total. The summed E-state index contributed by atoms with van der Waals surface area (Å²) < 4.78 is 10.4. The molecule has 21 heavy (non-hydrogen) atoms. The Kier molecular flexibility index (Phi) is 7.70. The van der Waals surface area contributed by atoms with Gasteiger partial charge in [-0.2, -0.15) is 15.0 Å². The first-order valence-corrected chi connectivity index (χ1v) is 7.03. The molecule has 0 radical (unpaired) electrons. The molecule has 1 unspecified atom stereocenters. The lowest BCUT2D eigenvalue weighted by Crippen LogP contribution is -2.27. The zero-order valence-corrected chi connectivity index (χ0v) is 13.5. The van der Waals surface area contributed by atoms with Crippen molar-refractivity contribution in [3.05, 3.63) is 0 Å². The molecule has 1 heterocycles. The van der Waals surface area contributed by atoms with E-state index in [9.17, 15) is 0 Å². The highest BCUT2D eigenvalue weighted by molar-refractivity contribution is 5.42. The third-order valence-corrected chi connectivity index (χ3v) is 2.73. The molecule has 1 aromatic heterocycles. The summed E-state index contributed by atoms with van der Waals surface area (Å²) in [6, 6.07) is 0. The minimum absolute atomic E-state index is 0.0541. The van der Waals surface area contributed by atoms with Gasteiger partial charge in [0.2, 0.25) is 17.8 Å². The fraction of sp³-hybridized carbons (Fsp3) is 0.769. The van der Waals surface area contributed by atoms with Gasteiger partial charge in [0.1, 0.15) is 0 Å². The van der Waals surface area contributed by atoms with E-state index < -0.39 is 0 Å². The van der Waals surface area contributed by atoms with Gasteiger partial charge in [-0.25, -0.2) is 0 Å². The van der Waals surface area contributed by atoms with E-state index in [0.29, 0.717) is 31.0 Å². The van der Waals surface area contributed by atoms with Crippen LogP contribution in [0.25, 0.3) is 0 Å². The second kappa shape index (κ2) is 9.30. The van der Waals surface area contributed by atoms with Gasteiger partial charge in [-0.1, -0.05) is 6.92 Å². The average Bonchev–Trinajstić information content (AvgIpc) is 2.49.